The lowest BCUT2D eigenvalue weighted by molar-refractivity contribution is 0.174. The minimum absolute atomic E-state index is 0.295. The number of guanidine groups is 1. The summed E-state index contributed by atoms with van der Waals surface area (Å²) in [5.74, 6) is 3.29. The number of hydrogen-bond acceptors (Lipinski definition) is 6. The summed E-state index contributed by atoms with van der Waals surface area (Å²) < 4.78 is 10.8. The third kappa shape index (κ3) is 3.49. The molecule has 0 spiro atoms. The number of rotatable bonds is 3. The van der Waals surface area contributed by atoms with Crippen molar-refractivity contribution in [2.45, 2.75) is 6.54 Å². The maximum absolute atomic E-state index is 5.43. The third-order valence-corrected chi connectivity index (χ3v) is 4.51. The molecule has 0 aliphatic carbocycles. The molecule has 0 atom stereocenters. The molecule has 0 radical (unpaired) electrons. The molecule has 0 saturated carbocycles. The second-order valence-corrected chi connectivity index (χ2v) is 6.11. The molecule has 0 amide bonds. The van der Waals surface area contributed by atoms with E-state index in [0.29, 0.717) is 13.3 Å². The first-order valence-electron chi connectivity index (χ1n) is 8.69. The van der Waals surface area contributed by atoms with Gasteiger partial charge in [0, 0.05) is 52.2 Å². The summed E-state index contributed by atoms with van der Waals surface area (Å²) in [4.78, 5) is 17.5. The van der Waals surface area contributed by atoms with Gasteiger partial charge in [-0.1, -0.05) is 6.07 Å². The molecule has 8 nitrogen and oxygen atoms in total. The van der Waals surface area contributed by atoms with Gasteiger partial charge >= 0.3 is 0 Å². The predicted octanol–water partition coefficient (Wildman–Crippen LogP) is 1.10. The van der Waals surface area contributed by atoms with Gasteiger partial charge in [-0.05, 0) is 23.8 Å². The van der Waals surface area contributed by atoms with E-state index < -0.39 is 0 Å². The van der Waals surface area contributed by atoms with E-state index in [1.54, 1.807) is 12.4 Å². The highest BCUT2D eigenvalue weighted by Crippen LogP contribution is 2.32. The second-order valence-electron chi connectivity index (χ2n) is 6.11. The van der Waals surface area contributed by atoms with Gasteiger partial charge in [0.1, 0.15) is 0 Å². The van der Waals surface area contributed by atoms with Crippen molar-refractivity contribution in [3.05, 3.63) is 42.2 Å². The molecule has 4 rings (SSSR count). The molecule has 8 heteroatoms. The molecule has 0 unspecified atom stereocenters. The minimum atomic E-state index is 0.295. The van der Waals surface area contributed by atoms with Crippen LogP contribution in [0.5, 0.6) is 11.5 Å². The number of anilines is 1. The summed E-state index contributed by atoms with van der Waals surface area (Å²) in [5, 5.41) is 3.43. The van der Waals surface area contributed by atoms with Crippen molar-refractivity contribution < 1.29 is 9.47 Å². The number of nitrogens with one attached hydrogen (secondary N) is 1. The van der Waals surface area contributed by atoms with E-state index in [-0.39, 0.29) is 0 Å². The summed E-state index contributed by atoms with van der Waals surface area (Å²) in [5.41, 5.74) is 1.13. The SMILES string of the molecule is CN=C(NCc1ccc2c(c1)OCO2)N1CCN(c2ncccn2)CC1. The number of aromatic nitrogens is 2. The first-order valence-corrected chi connectivity index (χ1v) is 8.69. The molecule has 1 aromatic heterocycles. The number of ether oxygens (including phenoxy) is 2. The minimum Gasteiger partial charge on any atom is -0.454 e. The van der Waals surface area contributed by atoms with Gasteiger partial charge in [0.15, 0.2) is 17.5 Å². The molecule has 1 fully saturated rings. The molecular weight excluding hydrogens is 332 g/mol. The summed E-state index contributed by atoms with van der Waals surface area (Å²) in [6.45, 7) is 4.47. The van der Waals surface area contributed by atoms with Gasteiger partial charge in [0.05, 0.1) is 0 Å². The van der Waals surface area contributed by atoms with Crippen molar-refractivity contribution in [1.29, 1.82) is 0 Å². The van der Waals surface area contributed by atoms with Gasteiger partial charge in [0.25, 0.3) is 0 Å². The fourth-order valence-corrected chi connectivity index (χ4v) is 3.14. The molecule has 26 heavy (non-hydrogen) atoms. The summed E-state index contributed by atoms with van der Waals surface area (Å²) in [6.07, 6.45) is 3.56. The standard InChI is InChI=1S/C18H22N6O2/c1-19-17(22-12-14-3-4-15-16(11-14)26-13-25-15)23-7-9-24(10-8-23)18-20-5-2-6-21-18/h2-6,11H,7-10,12-13H2,1H3,(H,19,22). The molecule has 2 aliphatic rings. The van der Waals surface area contributed by atoms with Crippen LogP contribution in [-0.4, -0.2) is 60.8 Å². The maximum Gasteiger partial charge on any atom is 0.231 e. The molecule has 3 heterocycles. The highest BCUT2D eigenvalue weighted by Gasteiger charge is 2.21. The van der Waals surface area contributed by atoms with E-state index >= 15 is 0 Å². The first-order chi connectivity index (χ1) is 12.8. The lowest BCUT2D eigenvalue weighted by atomic mass is 10.2. The van der Waals surface area contributed by atoms with Crippen molar-refractivity contribution >= 4 is 11.9 Å². The average molecular weight is 354 g/mol. The van der Waals surface area contributed by atoms with Crippen molar-refractivity contribution in [1.82, 2.24) is 20.2 Å². The Balaban J connectivity index is 1.32. The Morgan fingerprint density at radius 2 is 1.88 bits per heavy atom. The smallest absolute Gasteiger partial charge is 0.231 e. The van der Waals surface area contributed by atoms with E-state index in [9.17, 15) is 0 Å². The van der Waals surface area contributed by atoms with E-state index in [0.717, 1.165) is 55.1 Å². The van der Waals surface area contributed by atoms with Crippen LogP contribution < -0.4 is 19.7 Å². The summed E-state index contributed by atoms with van der Waals surface area (Å²) >= 11 is 0. The van der Waals surface area contributed by atoms with Gasteiger partial charge in [0.2, 0.25) is 12.7 Å². The Morgan fingerprint density at radius 1 is 1.12 bits per heavy atom. The zero-order valence-electron chi connectivity index (χ0n) is 14.8. The van der Waals surface area contributed by atoms with Crippen LogP contribution >= 0.6 is 0 Å². The normalized spacial score (nSPS) is 16.7. The molecule has 2 aliphatic heterocycles. The molecule has 1 N–H and O–H groups in total. The zero-order valence-corrected chi connectivity index (χ0v) is 14.8. The average Bonchev–Trinajstić information content (AvgIpc) is 3.17. The van der Waals surface area contributed by atoms with Crippen molar-refractivity contribution in [2.75, 3.05) is 44.9 Å². The Labute approximate surface area is 152 Å². The van der Waals surface area contributed by atoms with Crippen LogP contribution in [0.25, 0.3) is 0 Å². The van der Waals surface area contributed by atoms with Crippen LogP contribution in [0.15, 0.2) is 41.7 Å². The first kappa shape index (κ1) is 16.4. The summed E-state index contributed by atoms with van der Waals surface area (Å²) in [6, 6.07) is 7.83. The fourth-order valence-electron chi connectivity index (χ4n) is 3.14. The molecule has 2 aromatic rings. The van der Waals surface area contributed by atoms with Crippen LogP contribution in [0.3, 0.4) is 0 Å². The third-order valence-electron chi connectivity index (χ3n) is 4.51. The van der Waals surface area contributed by atoms with Crippen LogP contribution in [0.4, 0.5) is 5.95 Å². The topological polar surface area (TPSA) is 75.1 Å². The molecule has 136 valence electrons. The fraction of sp³-hybridized carbons (Fsp3) is 0.389. The Morgan fingerprint density at radius 3 is 2.65 bits per heavy atom. The van der Waals surface area contributed by atoms with E-state index in [4.69, 9.17) is 9.47 Å². The molecule has 0 bridgehead atoms. The second kappa shape index (κ2) is 7.47. The lowest BCUT2D eigenvalue weighted by Gasteiger charge is -2.36. The van der Waals surface area contributed by atoms with Gasteiger partial charge in [-0.3, -0.25) is 4.99 Å². The Kier molecular flexibility index (Phi) is 4.72. The van der Waals surface area contributed by atoms with Gasteiger partial charge in [-0.15, -0.1) is 0 Å². The number of nitrogens with zero attached hydrogens (tertiary/aromatic N) is 5. The Bertz CT molecular complexity index is 775. The number of piperazine rings is 1. The van der Waals surface area contributed by atoms with E-state index in [1.165, 1.54) is 0 Å². The molecule has 1 saturated heterocycles. The van der Waals surface area contributed by atoms with Crippen LogP contribution in [0, 0.1) is 0 Å². The highest BCUT2D eigenvalue weighted by molar-refractivity contribution is 5.80. The van der Waals surface area contributed by atoms with Crippen LogP contribution in [0.1, 0.15) is 5.56 Å². The number of hydrogen-bond donors (Lipinski definition) is 1. The van der Waals surface area contributed by atoms with Crippen molar-refractivity contribution in [3.8, 4) is 11.5 Å². The monoisotopic (exact) mass is 354 g/mol. The lowest BCUT2D eigenvalue weighted by Crippen LogP contribution is -2.52. The van der Waals surface area contributed by atoms with Gasteiger partial charge < -0.3 is 24.6 Å². The van der Waals surface area contributed by atoms with Crippen molar-refractivity contribution in [2.24, 2.45) is 4.99 Å². The number of fused-ring (bicyclic) bond motifs is 1. The summed E-state index contributed by atoms with van der Waals surface area (Å²) in [7, 11) is 1.81. The quantitative estimate of drug-likeness (QED) is 0.653. The maximum atomic E-state index is 5.43. The number of benzene rings is 1. The number of aliphatic imine (C=N–C) groups is 1. The van der Waals surface area contributed by atoms with Gasteiger partial charge in [-0.25, -0.2) is 9.97 Å². The zero-order chi connectivity index (χ0) is 17.8. The molecule has 1 aromatic carbocycles. The Hall–Kier alpha value is -3.03. The van der Waals surface area contributed by atoms with Gasteiger partial charge in [-0.2, -0.15) is 0 Å². The van der Waals surface area contributed by atoms with Crippen molar-refractivity contribution in [3.63, 3.8) is 0 Å². The van der Waals surface area contributed by atoms with E-state index in [2.05, 4.69) is 30.1 Å². The van der Waals surface area contributed by atoms with E-state index in [1.807, 2.05) is 31.3 Å². The molecular formula is C18H22N6O2. The predicted molar refractivity (Wildman–Crippen MR) is 98.6 cm³/mol. The highest BCUT2D eigenvalue weighted by atomic mass is 16.7. The largest absolute Gasteiger partial charge is 0.454 e. The van der Waals surface area contributed by atoms with Crippen LogP contribution in [-0.2, 0) is 6.54 Å². The van der Waals surface area contributed by atoms with Crippen LogP contribution in [0.2, 0.25) is 0 Å².